The normalized spacial score (nSPS) is 10.7. The zero-order valence-corrected chi connectivity index (χ0v) is 11.0. The number of carbonyl (C=O) groups is 1. The van der Waals surface area contributed by atoms with E-state index in [0.29, 0.717) is 5.69 Å². The van der Waals surface area contributed by atoms with Crippen molar-refractivity contribution in [3.05, 3.63) is 45.6 Å². The fourth-order valence-electron chi connectivity index (χ4n) is 2.04. The van der Waals surface area contributed by atoms with Crippen molar-refractivity contribution in [3.8, 4) is 5.69 Å². The molecular formula is C13H15N3O3. The molecule has 0 aliphatic carbocycles. The van der Waals surface area contributed by atoms with Crippen LogP contribution < -0.4 is 5.69 Å². The number of aryl methyl sites for hydroxylation is 2. The molecule has 1 heterocycles. The van der Waals surface area contributed by atoms with Crippen molar-refractivity contribution in [1.29, 1.82) is 0 Å². The zero-order valence-electron chi connectivity index (χ0n) is 11.0. The summed E-state index contributed by atoms with van der Waals surface area (Å²) in [4.78, 5) is 23.2. The predicted molar refractivity (Wildman–Crippen MR) is 69.9 cm³/mol. The molecule has 0 radical (unpaired) electrons. The van der Waals surface area contributed by atoms with Crippen LogP contribution in [0, 0.1) is 13.8 Å². The van der Waals surface area contributed by atoms with Gasteiger partial charge in [0.1, 0.15) is 0 Å². The lowest BCUT2D eigenvalue weighted by Crippen LogP contribution is -2.25. The minimum Gasteiger partial charge on any atom is -0.475 e. The molecule has 1 aromatic carbocycles. The van der Waals surface area contributed by atoms with Crippen LogP contribution >= 0.6 is 0 Å². The largest absolute Gasteiger partial charge is 0.475 e. The summed E-state index contributed by atoms with van der Waals surface area (Å²) in [6.45, 7) is 5.79. The van der Waals surface area contributed by atoms with Crippen LogP contribution in [0.25, 0.3) is 5.69 Å². The minimum absolute atomic E-state index is 0.243. The lowest BCUT2D eigenvalue weighted by Gasteiger charge is -2.04. The first-order valence-electron chi connectivity index (χ1n) is 5.96. The lowest BCUT2D eigenvalue weighted by atomic mass is 10.1. The third-order valence-electron chi connectivity index (χ3n) is 2.95. The SMILES string of the molecule is CCn1c(C(=O)O)nn(-c2ccc(C)cc2C)c1=O. The van der Waals surface area contributed by atoms with Gasteiger partial charge >= 0.3 is 11.7 Å². The van der Waals surface area contributed by atoms with E-state index in [1.807, 2.05) is 26.0 Å². The zero-order chi connectivity index (χ0) is 14.2. The number of carboxylic acid groups (broad SMARTS) is 1. The van der Waals surface area contributed by atoms with E-state index in [1.54, 1.807) is 13.0 Å². The van der Waals surface area contributed by atoms with Crippen molar-refractivity contribution in [1.82, 2.24) is 14.3 Å². The van der Waals surface area contributed by atoms with Gasteiger partial charge in [-0.2, -0.15) is 4.68 Å². The second kappa shape index (κ2) is 4.72. The van der Waals surface area contributed by atoms with Gasteiger partial charge in [-0.1, -0.05) is 17.7 Å². The van der Waals surface area contributed by atoms with Crippen molar-refractivity contribution in [2.75, 3.05) is 0 Å². The van der Waals surface area contributed by atoms with Gasteiger partial charge in [-0.25, -0.2) is 9.59 Å². The van der Waals surface area contributed by atoms with Gasteiger partial charge in [0.15, 0.2) is 0 Å². The monoisotopic (exact) mass is 261 g/mol. The average molecular weight is 261 g/mol. The highest BCUT2D eigenvalue weighted by atomic mass is 16.4. The predicted octanol–water partition coefficient (Wildman–Crippen LogP) is 1.37. The molecule has 0 bridgehead atoms. The van der Waals surface area contributed by atoms with Crippen molar-refractivity contribution in [2.45, 2.75) is 27.3 Å². The standard InChI is InChI=1S/C13H15N3O3/c1-4-15-11(12(17)18)14-16(13(15)19)10-6-5-8(2)7-9(10)3/h5-7H,4H2,1-3H3,(H,17,18). The summed E-state index contributed by atoms with van der Waals surface area (Å²) in [5.74, 6) is -1.45. The van der Waals surface area contributed by atoms with E-state index < -0.39 is 11.7 Å². The van der Waals surface area contributed by atoms with Crippen molar-refractivity contribution in [2.24, 2.45) is 0 Å². The molecule has 0 unspecified atom stereocenters. The number of carboxylic acids is 1. The van der Waals surface area contributed by atoms with Gasteiger partial charge in [0.25, 0.3) is 0 Å². The Morgan fingerprint density at radius 3 is 2.53 bits per heavy atom. The first-order valence-corrected chi connectivity index (χ1v) is 5.96. The molecule has 0 saturated heterocycles. The van der Waals surface area contributed by atoms with Crippen LogP contribution in [0.3, 0.4) is 0 Å². The van der Waals surface area contributed by atoms with E-state index in [9.17, 15) is 9.59 Å². The molecule has 0 aliphatic rings. The number of benzene rings is 1. The highest BCUT2D eigenvalue weighted by Gasteiger charge is 2.19. The second-order valence-electron chi connectivity index (χ2n) is 4.36. The summed E-state index contributed by atoms with van der Waals surface area (Å²) in [5, 5.41) is 13.0. The summed E-state index contributed by atoms with van der Waals surface area (Å²) in [6, 6.07) is 5.55. The highest BCUT2D eigenvalue weighted by Crippen LogP contribution is 2.13. The van der Waals surface area contributed by atoms with E-state index in [4.69, 9.17) is 5.11 Å². The van der Waals surface area contributed by atoms with Crippen LogP contribution in [0.4, 0.5) is 0 Å². The summed E-state index contributed by atoms with van der Waals surface area (Å²) in [7, 11) is 0. The Morgan fingerprint density at radius 2 is 2.05 bits per heavy atom. The third-order valence-corrected chi connectivity index (χ3v) is 2.95. The summed E-state index contributed by atoms with van der Waals surface area (Å²) in [5.41, 5.74) is 2.11. The number of hydrogen-bond acceptors (Lipinski definition) is 3. The summed E-state index contributed by atoms with van der Waals surface area (Å²) >= 11 is 0. The maximum atomic E-state index is 12.2. The van der Waals surface area contributed by atoms with Gasteiger partial charge in [0, 0.05) is 6.54 Å². The lowest BCUT2D eigenvalue weighted by molar-refractivity contribution is 0.0677. The summed E-state index contributed by atoms with van der Waals surface area (Å²) < 4.78 is 2.28. The molecule has 6 nitrogen and oxygen atoms in total. The van der Waals surface area contributed by atoms with E-state index in [-0.39, 0.29) is 12.4 Å². The Morgan fingerprint density at radius 1 is 1.37 bits per heavy atom. The Balaban J connectivity index is 2.70. The number of rotatable bonds is 3. The molecule has 2 aromatic rings. The van der Waals surface area contributed by atoms with E-state index in [2.05, 4.69) is 5.10 Å². The summed E-state index contributed by atoms with van der Waals surface area (Å²) in [6.07, 6.45) is 0. The number of nitrogens with zero attached hydrogens (tertiary/aromatic N) is 3. The first kappa shape index (κ1) is 13.1. The van der Waals surface area contributed by atoms with E-state index in [0.717, 1.165) is 20.4 Å². The maximum Gasteiger partial charge on any atom is 0.374 e. The van der Waals surface area contributed by atoms with Crippen molar-refractivity contribution < 1.29 is 9.90 Å². The smallest absolute Gasteiger partial charge is 0.374 e. The Labute approximate surface area is 109 Å². The molecule has 0 saturated carbocycles. The van der Waals surface area contributed by atoms with Crippen LogP contribution in [0.15, 0.2) is 23.0 Å². The van der Waals surface area contributed by atoms with Crippen LogP contribution in [0.5, 0.6) is 0 Å². The van der Waals surface area contributed by atoms with Gasteiger partial charge in [-0.15, -0.1) is 5.10 Å². The van der Waals surface area contributed by atoms with Gasteiger partial charge in [-0.05, 0) is 32.4 Å². The van der Waals surface area contributed by atoms with Crippen LogP contribution in [0.2, 0.25) is 0 Å². The van der Waals surface area contributed by atoms with Crippen LogP contribution in [-0.2, 0) is 6.54 Å². The van der Waals surface area contributed by atoms with Gasteiger partial charge in [0.2, 0.25) is 5.82 Å². The molecule has 1 aromatic heterocycles. The Kier molecular flexibility index (Phi) is 3.25. The molecule has 0 spiro atoms. The highest BCUT2D eigenvalue weighted by molar-refractivity contribution is 5.83. The van der Waals surface area contributed by atoms with E-state index >= 15 is 0 Å². The molecule has 0 aliphatic heterocycles. The molecule has 0 amide bonds. The molecule has 100 valence electrons. The van der Waals surface area contributed by atoms with E-state index in [1.165, 1.54) is 0 Å². The minimum atomic E-state index is -1.21. The number of aromatic carboxylic acids is 1. The van der Waals surface area contributed by atoms with Crippen molar-refractivity contribution >= 4 is 5.97 Å². The molecule has 2 rings (SSSR count). The van der Waals surface area contributed by atoms with Crippen molar-refractivity contribution in [3.63, 3.8) is 0 Å². The van der Waals surface area contributed by atoms with Crippen LogP contribution in [0.1, 0.15) is 28.7 Å². The molecular weight excluding hydrogens is 246 g/mol. The molecule has 1 N–H and O–H groups in total. The molecule has 19 heavy (non-hydrogen) atoms. The molecule has 0 fully saturated rings. The van der Waals surface area contributed by atoms with Crippen LogP contribution in [-0.4, -0.2) is 25.4 Å². The molecule has 0 atom stereocenters. The maximum absolute atomic E-state index is 12.2. The third kappa shape index (κ3) is 2.16. The number of aromatic nitrogens is 3. The fourth-order valence-corrected chi connectivity index (χ4v) is 2.04. The van der Waals surface area contributed by atoms with Gasteiger partial charge < -0.3 is 5.11 Å². The average Bonchev–Trinajstić information content (AvgIpc) is 2.66. The van der Waals surface area contributed by atoms with Gasteiger partial charge in [0.05, 0.1) is 5.69 Å². The quantitative estimate of drug-likeness (QED) is 0.905. The topological polar surface area (TPSA) is 77.1 Å². The van der Waals surface area contributed by atoms with Gasteiger partial charge in [-0.3, -0.25) is 4.57 Å². The first-order chi connectivity index (χ1) is 8.95. The molecule has 6 heteroatoms. The second-order valence-corrected chi connectivity index (χ2v) is 4.36. The Bertz CT molecular complexity index is 698. The Hall–Kier alpha value is -2.37. The fraction of sp³-hybridized carbons (Fsp3) is 0.308. The number of hydrogen-bond donors (Lipinski definition) is 1.